The van der Waals surface area contributed by atoms with E-state index in [9.17, 15) is 0 Å². The van der Waals surface area contributed by atoms with Crippen molar-refractivity contribution >= 4 is 0 Å². The van der Waals surface area contributed by atoms with E-state index >= 15 is 0 Å². The van der Waals surface area contributed by atoms with E-state index in [-0.39, 0.29) is 0 Å². The van der Waals surface area contributed by atoms with Crippen LogP contribution in [0.5, 0.6) is 0 Å². The summed E-state index contributed by atoms with van der Waals surface area (Å²) in [5.41, 5.74) is 0. The van der Waals surface area contributed by atoms with E-state index in [1.165, 1.54) is 32.1 Å². The van der Waals surface area contributed by atoms with Gasteiger partial charge in [-0.25, -0.2) is 0 Å². The molecule has 17 heavy (non-hydrogen) atoms. The maximum absolute atomic E-state index is 5.89. The molecule has 0 amide bonds. The molecule has 2 heterocycles. The van der Waals surface area contributed by atoms with Gasteiger partial charge in [0.05, 0.1) is 12.2 Å². The molecule has 0 spiro atoms. The van der Waals surface area contributed by atoms with Gasteiger partial charge in [0, 0.05) is 19.3 Å². The fraction of sp³-hybridized carbons (Fsp3) is 1.00. The van der Waals surface area contributed by atoms with Crippen molar-refractivity contribution in [3.05, 3.63) is 0 Å². The van der Waals surface area contributed by atoms with Gasteiger partial charge in [-0.15, -0.1) is 0 Å². The van der Waals surface area contributed by atoms with Crippen molar-refractivity contribution in [1.29, 1.82) is 0 Å². The van der Waals surface area contributed by atoms with Gasteiger partial charge in [-0.05, 0) is 44.6 Å². The molecule has 0 aromatic rings. The van der Waals surface area contributed by atoms with Crippen LogP contribution in [-0.4, -0.2) is 38.0 Å². The minimum absolute atomic E-state index is 0.413. The Labute approximate surface area is 105 Å². The number of nitrogens with one attached hydrogen (secondary N) is 1. The van der Waals surface area contributed by atoms with E-state index in [1.54, 1.807) is 0 Å². The fourth-order valence-electron chi connectivity index (χ4n) is 3.11. The van der Waals surface area contributed by atoms with Gasteiger partial charge in [0.2, 0.25) is 0 Å². The molecule has 100 valence electrons. The van der Waals surface area contributed by atoms with Crippen molar-refractivity contribution in [3.8, 4) is 0 Å². The van der Waals surface area contributed by atoms with Crippen LogP contribution >= 0.6 is 0 Å². The summed E-state index contributed by atoms with van der Waals surface area (Å²) in [4.78, 5) is 0. The number of ether oxygens (including phenoxy) is 2. The molecule has 2 rings (SSSR count). The topological polar surface area (TPSA) is 30.5 Å². The zero-order valence-electron chi connectivity index (χ0n) is 11.3. The summed E-state index contributed by atoms with van der Waals surface area (Å²) in [6.07, 6.45) is 7.00. The lowest BCUT2D eigenvalue weighted by molar-refractivity contribution is 0.0475. The number of rotatable bonds is 6. The summed E-state index contributed by atoms with van der Waals surface area (Å²) in [5, 5.41) is 3.60. The molecule has 4 atom stereocenters. The van der Waals surface area contributed by atoms with Gasteiger partial charge >= 0.3 is 0 Å². The van der Waals surface area contributed by atoms with Gasteiger partial charge < -0.3 is 14.8 Å². The first kappa shape index (κ1) is 13.3. The second kappa shape index (κ2) is 6.72. The van der Waals surface area contributed by atoms with Gasteiger partial charge in [-0.2, -0.15) is 0 Å². The Balaban J connectivity index is 1.78. The Morgan fingerprint density at radius 3 is 2.71 bits per heavy atom. The van der Waals surface area contributed by atoms with E-state index in [0.29, 0.717) is 24.2 Å². The molecular formula is C14H27NO2. The maximum Gasteiger partial charge on any atom is 0.0754 e. The lowest BCUT2D eigenvalue weighted by Crippen LogP contribution is -2.42. The Morgan fingerprint density at radius 1 is 1.24 bits per heavy atom. The van der Waals surface area contributed by atoms with Crippen molar-refractivity contribution < 1.29 is 9.47 Å². The third-order valence-electron chi connectivity index (χ3n) is 4.13. The summed E-state index contributed by atoms with van der Waals surface area (Å²) in [7, 11) is 0. The summed E-state index contributed by atoms with van der Waals surface area (Å²) in [6.45, 7) is 7.43. The zero-order chi connectivity index (χ0) is 12.1. The molecule has 0 aromatic carbocycles. The summed E-state index contributed by atoms with van der Waals surface area (Å²) >= 11 is 0. The molecule has 2 saturated heterocycles. The monoisotopic (exact) mass is 241 g/mol. The van der Waals surface area contributed by atoms with Gasteiger partial charge in [0.15, 0.2) is 0 Å². The van der Waals surface area contributed by atoms with Crippen LogP contribution in [0.25, 0.3) is 0 Å². The second-order valence-corrected chi connectivity index (χ2v) is 5.48. The lowest BCUT2D eigenvalue weighted by Gasteiger charge is -2.27. The molecule has 3 heteroatoms. The molecule has 0 aliphatic carbocycles. The molecule has 2 aliphatic rings. The smallest absolute Gasteiger partial charge is 0.0754 e. The van der Waals surface area contributed by atoms with E-state index in [4.69, 9.17) is 9.47 Å². The number of hydrogen-bond donors (Lipinski definition) is 1. The molecule has 0 bridgehead atoms. The first-order chi connectivity index (χ1) is 8.31. The van der Waals surface area contributed by atoms with Gasteiger partial charge in [-0.3, -0.25) is 0 Å². The molecule has 2 aliphatic heterocycles. The molecule has 0 saturated carbocycles. The Morgan fingerprint density at radius 2 is 2.12 bits per heavy atom. The third-order valence-corrected chi connectivity index (χ3v) is 4.13. The van der Waals surface area contributed by atoms with Gasteiger partial charge in [0.1, 0.15) is 0 Å². The first-order valence-corrected chi connectivity index (χ1v) is 7.28. The molecule has 2 fully saturated rings. The molecular weight excluding hydrogens is 214 g/mol. The van der Waals surface area contributed by atoms with E-state index in [1.807, 2.05) is 0 Å². The van der Waals surface area contributed by atoms with Crippen molar-refractivity contribution in [3.63, 3.8) is 0 Å². The second-order valence-electron chi connectivity index (χ2n) is 5.48. The van der Waals surface area contributed by atoms with E-state index in [0.717, 1.165) is 19.8 Å². The molecule has 3 nitrogen and oxygen atoms in total. The van der Waals surface area contributed by atoms with Crippen molar-refractivity contribution in [1.82, 2.24) is 5.32 Å². The molecule has 0 aromatic heterocycles. The highest BCUT2D eigenvalue weighted by Crippen LogP contribution is 2.26. The quantitative estimate of drug-likeness (QED) is 0.774. The van der Waals surface area contributed by atoms with Crippen LogP contribution in [0, 0.1) is 5.92 Å². The predicted molar refractivity (Wildman–Crippen MR) is 69.2 cm³/mol. The SMILES string of the molecule is CCNC(CCC1CCCO1)C1OCCC1C. The molecule has 0 radical (unpaired) electrons. The van der Waals surface area contributed by atoms with Crippen LogP contribution in [0.3, 0.4) is 0 Å². The first-order valence-electron chi connectivity index (χ1n) is 7.28. The van der Waals surface area contributed by atoms with Gasteiger partial charge in [0.25, 0.3) is 0 Å². The van der Waals surface area contributed by atoms with Crippen LogP contribution in [0.2, 0.25) is 0 Å². The molecule has 4 unspecified atom stereocenters. The Kier molecular flexibility index (Phi) is 5.26. The van der Waals surface area contributed by atoms with Crippen LogP contribution in [-0.2, 0) is 9.47 Å². The number of likely N-dealkylation sites (N-methyl/N-ethyl adjacent to an activating group) is 1. The van der Waals surface area contributed by atoms with Crippen molar-refractivity contribution in [2.24, 2.45) is 5.92 Å². The Hall–Kier alpha value is -0.120. The van der Waals surface area contributed by atoms with Crippen LogP contribution in [0.1, 0.15) is 46.0 Å². The maximum atomic E-state index is 5.89. The average molecular weight is 241 g/mol. The number of hydrogen-bond acceptors (Lipinski definition) is 3. The van der Waals surface area contributed by atoms with Crippen LogP contribution < -0.4 is 5.32 Å². The summed E-state index contributed by atoms with van der Waals surface area (Å²) in [6, 6.07) is 0.515. The van der Waals surface area contributed by atoms with Crippen LogP contribution in [0.4, 0.5) is 0 Å². The lowest BCUT2D eigenvalue weighted by atomic mass is 9.93. The fourth-order valence-corrected chi connectivity index (χ4v) is 3.11. The van der Waals surface area contributed by atoms with E-state index < -0.39 is 0 Å². The average Bonchev–Trinajstić information content (AvgIpc) is 2.95. The normalized spacial score (nSPS) is 35.3. The minimum atomic E-state index is 0.413. The third kappa shape index (κ3) is 3.67. The summed E-state index contributed by atoms with van der Waals surface area (Å²) < 4.78 is 11.6. The highest BCUT2D eigenvalue weighted by molar-refractivity contribution is 4.85. The van der Waals surface area contributed by atoms with E-state index in [2.05, 4.69) is 19.2 Å². The zero-order valence-corrected chi connectivity index (χ0v) is 11.3. The standard InChI is InChI=1S/C14H27NO2/c1-3-15-13(14-11(2)8-10-17-14)7-6-12-5-4-9-16-12/h11-15H,3-10H2,1-2H3. The highest BCUT2D eigenvalue weighted by Gasteiger charge is 2.32. The summed E-state index contributed by atoms with van der Waals surface area (Å²) in [5.74, 6) is 0.698. The van der Waals surface area contributed by atoms with Crippen molar-refractivity contribution in [2.45, 2.75) is 64.2 Å². The van der Waals surface area contributed by atoms with Gasteiger partial charge in [-0.1, -0.05) is 13.8 Å². The minimum Gasteiger partial charge on any atom is -0.378 e. The molecule has 1 N–H and O–H groups in total. The van der Waals surface area contributed by atoms with Crippen LogP contribution in [0.15, 0.2) is 0 Å². The van der Waals surface area contributed by atoms with Crippen molar-refractivity contribution in [2.75, 3.05) is 19.8 Å². The largest absolute Gasteiger partial charge is 0.378 e. The predicted octanol–water partition coefficient (Wildman–Crippen LogP) is 2.35. The highest BCUT2D eigenvalue weighted by atomic mass is 16.5. The Bertz CT molecular complexity index is 216.